The molecule has 1 saturated heterocycles. The lowest BCUT2D eigenvalue weighted by molar-refractivity contribution is -0.138. The van der Waals surface area contributed by atoms with Crippen LogP contribution < -0.4 is 4.74 Å². The van der Waals surface area contributed by atoms with Gasteiger partial charge >= 0.3 is 0 Å². The van der Waals surface area contributed by atoms with Gasteiger partial charge in [-0.1, -0.05) is 47.8 Å². The molecule has 4 heteroatoms. The van der Waals surface area contributed by atoms with Gasteiger partial charge in [0, 0.05) is 24.3 Å². The summed E-state index contributed by atoms with van der Waals surface area (Å²) in [6.45, 7) is 5.57. The van der Waals surface area contributed by atoms with Crippen molar-refractivity contribution in [3.05, 3.63) is 29.8 Å². The first kappa shape index (κ1) is 18.2. The van der Waals surface area contributed by atoms with E-state index in [1.54, 1.807) is 7.11 Å². The van der Waals surface area contributed by atoms with E-state index in [0.717, 1.165) is 43.6 Å². The molecule has 2 fully saturated rings. The van der Waals surface area contributed by atoms with Crippen LogP contribution in [0.4, 0.5) is 0 Å². The summed E-state index contributed by atoms with van der Waals surface area (Å²) in [7, 11) is 1.75. The lowest BCUT2D eigenvalue weighted by atomic mass is 9.71. The van der Waals surface area contributed by atoms with Gasteiger partial charge in [-0.15, -0.1) is 0 Å². The maximum absolute atomic E-state index is 6.93. The predicted octanol–water partition coefficient (Wildman–Crippen LogP) is 4.59. The molecule has 1 aromatic rings. The molecule has 1 heterocycles. The quantitative estimate of drug-likeness (QED) is 0.680. The molecule has 1 aliphatic heterocycles. The van der Waals surface area contributed by atoms with E-state index in [9.17, 15) is 0 Å². The molecular weight excluding hydrogens is 366 g/mol. The Hall–Kier alpha value is -0.580. The molecular formula is C20H30BrNO2. The Morgan fingerprint density at radius 2 is 2.21 bits per heavy atom. The van der Waals surface area contributed by atoms with Crippen molar-refractivity contribution in [2.75, 3.05) is 32.1 Å². The second-order valence-electron chi connectivity index (χ2n) is 7.13. The summed E-state index contributed by atoms with van der Waals surface area (Å²) in [4.78, 5) is 2.59. The lowest BCUT2D eigenvalue weighted by Gasteiger charge is -2.45. The largest absolute Gasteiger partial charge is 0.497 e. The van der Waals surface area contributed by atoms with Crippen LogP contribution in [-0.4, -0.2) is 43.1 Å². The number of methoxy groups -OCH3 is 1. The standard InChI is InChI=1S/C20H30BrNO2/c1-3-22-14-17-7-4-5-11-20(17,24-19(15-22)10-12-21)16-8-6-9-18(13-16)23-2/h6,8-9,13,17,19H,3-5,7,10-12,14-15H2,1-2H3. The minimum Gasteiger partial charge on any atom is -0.497 e. The van der Waals surface area contributed by atoms with Gasteiger partial charge < -0.3 is 14.4 Å². The van der Waals surface area contributed by atoms with Crippen LogP contribution in [-0.2, 0) is 10.3 Å². The Bertz CT molecular complexity index is 538. The zero-order chi connectivity index (χ0) is 17.0. The van der Waals surface area contributed by atoms with Crippen LogP contribution in [0.25, 0.3) is 0 Å². The average Bonchev–Trinajstić information content (AvgIpc) is 2.79. The van der Waals surface area contributed by atoms with Crippen molar-refractivity contribution in [2.45, 2.75) is 50.7 Å². The number of rotatable bonds is 5. The number of hydrogen-bond acceptors (Lipinski definition) is 3. The van der Waals surface area contributed by atoms with Crippen molar-refractivity contribution in [2.24, 2.45) is 5.92 Å². The molecule has 0 aromatic heterocycles. The van der Waals surface area contributed by atoms with Gasteiger partial charge in [0.25, 0.3) is 0 Å². The summed E-state index contributed by atoms with van der Waals surface area (Å²) < 4.78 is 12.4. The molecule has 3 unspecified atom stereocenters. The van der Waals surface area contributed by atoms with Crippen molar-refractivity contribution in [1.82, 2.24) is 4.90 Å². The highest BCUT2D eigenvalue weighted by Gasteiger charge is 2.47. The summed E-state index contributed by atoms with van der Waals surface area (Å²) >= 11 is 3.62. The minimum atomic E-state index is -0.149. The predicted molar refractivity (Wildman–Crippen MR) is 102 cm³/mol. The van der Waals surface area contributed by atoms with E-state index in [4.69, 9.17) is 9.47 Å². The smallest absolute Gasteiger partial charge is 0.119 e. The molecule has 1 aromatic carbocycles. The first-order chi connectivity index (χ1) is 11.7. The molecule has 0 N–H and O–H groups in total. The first-order valence-corrected chi connectivity index (χ1v) is 10.4. The number of hydrogen-bond donors (Lipinski definition) is 0. The summed E-state index contributed by atoms with van der Waals surface area (Å²) in [6.07, 6.45) is 6.31. The molecule has 1 aliphatic carbocycles. The highest BCUT2D eigenvalue weighted by Crippen LogP contribution is 2.48. The molecule has 0 amide bonds. The van der Waals surface area contributed by atoms with Gasteiger partial charge in [0.1, 0.15) is 5.75 Å². The number of ether oxygens (including phenoxy) is 2. The van der Waals surface area contributed by atoms with Crippen LogP contribution in [0.1, 0.15) is 44.6 Å². The van der Waals surface area contributed by atoms with Crippen LogP contribution in [0.5, 0.6) is 5.75 Å². The van der Waals surface area contributed by atoms with Crippen LogP contribution >= 0.6 is 15.9 Å². The second kappa shape index (κ2) is 8.20. The summed E-state index contributed by atoms with van der Waals surface area (Å²) in [6, 6.07) is 8.58. The molecule has 0 bridgehead atoms. The number of benzene rings is 1. The monoisotopic (exact) mass is 395 g/mol. The third-order valence-electron chi connectivity index (χ3n) is 5.76. The fraction of sp³-hybridized carbons (Fsp3) is 0.700. The van der Waals surface area contributed by atoms with Gasteiger partial charge in [0.05, 0.1) is 18.8 Å². The van der Waals surface area contributed by atoms with E-state index in [1.807, 2.05) is 6.07 Å². The van der Waals surface area contributed by atoms with Crippen LogP contribution in [0, 0.1) is 5.92 Å². The zero-order valence-corrected chi connectivity index (χ0v) is 16.6. The maximum Gasteiger partial charge on any atom is 0.119 e. The number of fused-ring (bicyclic) bond motifs is 1. The molecule has 3 rings (SSSR count). The molecule has 0 radical (unpaired) electrons. The third kappa shape index (κ3) is 3.66. The van der Waals surface area contributed by atoms with Crippen LogP contribution in [0.2, 0.25) is 0 Å². The number of alkyl halides is 1. The normalized spacial score (nSPS) is 31.3. The van der Waals surface area contributed by atoms with E-state index < -0.39 is 0 Å². The van der Waals surface area contributed by atoms with Crippen molar-refractivity contribution >= 4 is 15.9 Å². The molecule has 3 nitrogen and oxygen atoms in total. The van der Waals surface area contributed by atoms with Gasteiger partial charge in [0.15, 0.2) is 0 Å². The van der Waals surface area contributed by atoms with Crippen LogP contribution in [0.3, 0.4) is 0 Å². The second-order valence-corrected chi connectivity index (χ2v) is 7.93. The Morgan fingerprint density at radius 1 is 1.33 bits per heavy atom. The Morgan fingerprint density at radius 3 is 2.96 bits per heavy atom. The number of nitrogens with zero attached hydrogens (tertiary/aromatic N) is 1. The molecule has 1 saturated carbocycles. The number of halogens is 1. The van der Waals surface area contributed by atoms with Gasteiger partial charge in [-0.3, -0.25) is 0 Å². The fourth-order valence-corrected chi connectivity index (χ4v) is 4.99. The maximum atomic E-state index is 6.93. The SMILES string of the molecule is CCN1CC(CCBr)OC2(c3cccc(OC)c3)CCCCC2C1. The van der Waals surface area contributed by atoms with Gasteiger partial charge in [-0.05, 0) is 43.5 Å². The number of likely N-dealkylation sites (N-methyl/N-ethyl adjacent to an activating group) is 1. The van der Waals surface area contributed by atoms with Gasteiger partial charge in [-0.2, -0.15) is 0 Å². The van der Waals surface area contributed by atoms with E-state index in [1.165, 1.54) is 24.8 Å². The molecule has 0 spiro atoms. The van der Waals surface area contributed by atoms with E-state index in [0.29, 0.717) is 12.0 Å². The zero-order valence-electron chi connectivity index (χ0n) is 15.0. The average molecular weight is 396 g/mol. The van der Waals surface area contributed by atoms with E-state index in [2.05, 4.69) is 46.0 Å². The minimum absolute atomic E-state index is 0.149. The summed E-state index contributed by atoms with van der Waals surface area (Å²) in [5.41, 5.74) is 1.16. The van der Waals surface area contributed by atoms with Crippen molar-refractivity contribution in [1.29, 1.82) is 0 Å². The summed E-state index contributed by atoms with van der Waals surface area (Å²) in [5, 5.41) is 0.994. The molecule has 24 heavy (non-hydrogen) atoms. The highest BCUT2D eigenvalue weighted by atomic mass is 79.9. The van der Waals surface area contributed by atoms with Gasteiger partial charge in [-0.25, -0.2) is 0 Å². The Labute approximate surface area is 154 Å². The Kier molecular flexibility index (Phi) is 6.22. The van der Waals surface area contributed by atoms with Crippen molar-refractivity contribution in [3.8, 4) is 5.75 Å². The topological polar surface area (TPSA) is 21.7 Å². The summed E-state index contributed by atoms with van der Waals surface area (Å²) in [5.74, 6) is 1.50. The van der Waals surface area contributed by atoms with Gasteiger partial charge in [0.2, 0.25) is 0 Å². The fourth-order valence-electron chi connectivity index (χ4n) is 4.48. The molecule has 134 valence electrons. The van der Waals surface area contributed by atoms with E-state index >= 15 is 0 Å². The third-order valence-corrected chi connectivity index (χ3v) is 6.22. The highest BCUT2D eigenvalue weighted by molar-refractivity contribution is 9.09. The molecule has 2 aliphatic rings. The van der Waals surface area contributed by atoms with Crippen molar-refractivity contribution in [3.63, 3.8) is 0 Å². The Balaban J connectivity index is 2.00. The van der Waals surface area contributed by atoms with Crippen molar-refractivity contribution < 1.29 is 9.47 Å². The first-order valence-electron chi connectivity index (χ1n) is 9.32. The lowest BCUT2D eigenvalue weighted by Crippen LogP contribution is -2.44. The van der Waals surface area contributed by atoms with E-state index in [-0.39, 0.29) is 5.60 Å². The van der Waals surface area contributed by atoms with Crippen LogP contribution in [0.15, 0.2) is 24.3 Å². The molecule has 3 atom stereocenters.